The molecule has 1 saturated heterocycles. The molecule has 0 amide bonds. The molecule has 7 nitrogen and oxygen atoms in total. The third-order valence-electron chi connectivity index (χ3n) is 2.99. The van der Waals surface area contributed by atoms with E-state index in [2.05, 4.69) is 4.74 Å². The first-order valence-electron chi connectivity index (χ1n) is 5.88. The molecule has 0 saturated carbocycles. The van der Waals surface area contributed by atoms with Crippen LogP contribution in [0.5, 0.6) is 0 Å². The molecule has 0 radical (unpaired) electrons. The summed E-state index contributed by atoms with van der Waals surface area (Å²) in [4.78, 5) is 22.4. The van der Waals surface area contributed by atoms with Gasteiger partial charge in [-0.25, -0.2) is 13.2 Å². The number of benzene rings is 1. The maximum absolute atomic E-state index is 12.5. The van der Waals surface area contributed by atoms with Gasteiger partial charge in [0.25, 0.3) is 0 Å². The summed E-state index contributed by atoms with van der Waals surface area (Å²) in [6.45, 7) is 0. The van der Waals surface area contributed by atoms with Crippen LogP contribution < -0.4 is 0 Å². The van der Waals surface area contributed by atoms with Crippen LogP contribution in [0.3, 0.4) is 0 Å². The number of hydrogen-bond donors (Lipinski definition) is 1. The lowest BCUT2D eigenvalue weighted by Gasteiger charge is -2.20. The molecular formula is C12H13NO6S2. The smallest absolute Gasteiger partial charge is 0.337 e. The van der Waals surface area contributed by atoms with Crippen molar-refractivity contribution in [2.45, 2.75) is 10.9 Å². The highest BCUT2D eigenvalue weighted by molar-refractivity contribution is 8.00. The largest absolute Gasteiger partial charge is 0.480 e. The molecular weight excluding hydrogens is 318 g/mol. The zero-order valence-electron chi connectivity index (χ0n) is 11.1. The number of carbonyl (C=O) groups is 2. The molecule has 1 atom stereocenters. The number of carbonyl (C=O) groups excluding carboxylic acids is 1. The Labute approximate surface area is 125 Å². The van der Waals surface area contributed by atoms with Gasteiger partial charge in [0.2, 0.25) is 10.0 Å². The van der Waals surface area contributed by atoms with Crippen molar-refractivity contribution in [3.8, 4) is 0 Å². The van der Waals surface area contributed by atoms with Crippen LogP contribution in [0.1, 0.15) is 10.4 Å². The second-order valence-corrected chi connectivity index (χ2v) is 7.16. The zero-order chi connectivity index (χ0) is 15.6. The number of sulfonamides is 1. The highest BCUT2D eigenvalue weighted by atomic mass is 32.2. The molecule has 0 spiro atoms. The van der Waals surface area contributed by atoms with Gasteiger partial charge in [-0.05, 0) is 18.2 Å². The van der Waals surface area contributed by atoms with Gasteiger partial charge in [-0.15, -0.1) is 11.8 Å². The minimum atomic E-state index is -3.97. The minimum Gasteiger partial charge on any atom is -0.480 e. The molecule has 1 aromatic carbocycles. The highest BCUT2D eigenvalue weighted by Gasteiger charge is 2.40. The number of esters is 1. The summed E-state index contributed by atoms with van der Waals surface area (Å²) in [5, 5.41) is 9.08. The van der Waals surface area contributed by atoms with Crippen LogP contribution in [-0.4, -0.2) is 54.5 Å². The number of carboxylic acid groups (broad SMARTS) is 1. The molecule has 0 bridgehead atoms. The fourth-order valence-corrected chi connectivity index (χ4v) is 5.08. The van der Waals surface area contributed by atoms with Crippen LogP contribution in [0.15, 0.2) is 29.2 Å². The van der Waals surface area contributed by atoms with Gasteiger partial charge in [-0.1, -0.05) is 6.07 Å². The first-order chi connectivity index (χ1) is 9.87. The monoisotopic (exact) mass is 331 g/mol. The minimum absolute atomic E-state index is 0.0712. The summed E-state index contributed by atoms with van der Waals surface area (Å²) in [5.74, 6) is -1.57. The van der Waals surface area contributed by atoms with Crippen LogP contribution in [0.25, 0.3) is 0 Å². The Morgan fingerprint density at radius 1 is 1.43 bits per heavy atom. The van der Waals surface area contributed by atoms with Crippen molar-refractivity contribution in [3.63, 3.8) is 0 Å². The third-order valence-corrected chi connectivity index (χ3v) is 6.01. The van der Waals surface area contributed by atoms with Crippen molar-refractivity contribution >= 4 is 33.7 Å². The Balaban J connectivity index is 2.40. The summed E-state index contributed by atoms with van der Waals surface area (Å²) < 4.78 is 30.5. The first-order valence-corrected chi connectivity index (χ1v) is 8.48. The van der Waals surface area contributed by atoms with E-state index in [0.717, 1.165) is 4.31 Å². The zero-order valence-corrected chi connectivity index (χ0v) is 12.7. The van der Waals surface area contributed by atoms with E-state index in [1.807, 2.05) is 0 Å². The van der Waals surface area contributed by atoms with Crippen LogP contribution in [-0.2, 0) is 19.6 Å². The van der Waals surface area contributed by atoms with E-state index in [9.17, 15) is 18.0 Å². The summed E-state index contributed by atoms with van der Waals surface area (Å²) >= 11 is 1.23. The molecule has 1 aromatic rings. The Morgan fingerprint density at radius 2 is 2.14 bits per heavy atom. The van der Waals surface area contributed by atoms with Crippen molar-refractivity contribution in [1.29, 1.82) is 0 Å². The van der Waals surface area contributed by atoms with E-state index in [1.165, 1.54) is 43.1 Å². The van der Waals surface area contributed by atoms with Gasteiger partial charge in [-0.2, -0.15) is 4.31 Å². The molecule has 2 rings (SSSR count). The van der Waals surface area contributed by atoms with Gasteiger partial charge in [0.05, 0.1) is 23.4 Å². The number of thioether (sulfide) groups is 1. The molecule has 0 aromatic heterocycles. The van der Waals surface area contributed by atoms with Crippen molar-refractivity contribution in [2.24, 2.45) is 0 Å². The lowest BCUT2D eigenvalue weighted by molar-refractivity contribution is -0.140. The van der Waals surface area contributed by atoms with Crippen molar-refractivity contribution in [2.75, 3.05) is 18.7 Å². The summed E-state index contributed by atoms with van der Waals surface area (Å²) in [5.41, 5.74) is 0.0947. The fraction of sp³-hybridized carbons (Fsp3) is 0.333. The number of nitrogens with zero attached hydrogens (tertiary/aromatic N) is 1. The van der Waals surface area contributed by atoms with Crippen molar-refractivity contribution in [3.05, 3.63) is 29.8 Å². The molecule has 114 valence electrons. The van der Waals surface area contributed by atoms with Crippen LogP contribution in [0.2, 0.25) is 0 Å². The molecule has 1 unspecified atom stereocenters. The lowest BCUT2D eigenvalue weighted by Crippen LogP contribution is -2.41. The summed E-state index contributed by atoms with van der Waals surface area (Å²) in [7, 11) is -2.78. The normalized spacial score (nSPS) is 19.4. The van der Waals surface area contributed by atoms with Gasteiger partial charge < -0.3 is 9.84 Å². The van der Waals surface area contributed by atoms with Gasteiger partial charge >= 0.3 is 11.9 Å². The Morgan fingerprint density at radius 3 is 2.76 bits per heavy atom. The number of aliphatic carboxylic acids is 1. The average Bonchev–Trinajstić information content (AvgIpc) is 2.97. The van der Waals surface area contributed by atoms with E-state index in [0.29, 0.717) is 0 Å². The van der Waals surface area contributed by atoms with Gasteiger partial charge in [0.1, 0.15) is 6.04 Å². The van der Waals surface area contributed by atoms with Crippen molar-refractivity contribution < 1.29 is 27.9 Å². The SMILES string of the molecule is COC(=O)c1cccc(S(=O)(=O)N2CSCC2C(=O)O)c1. The Hall–Kier alpha value is -1.58. The molecule has 9 heteroatoms. The number of rotatable bonds is 4. The average molecular weight is 331 g/mol. The molecule has 21 heavy (non-hydrogen) atoms. The van der Waals surface area contributed by atoms with Gasteiger partial charge in [-0.3, -0.25) is 4.79 Å². The third kappa shape index (κ3) is 3.04. The molecule has 1 aliphatic heterocycles. The number of hydrogen-bond acceptors (Lipinski definition) is 6. The van der Waals surface area contributed by atoms with E-state index >= 15 is 0 Å². The van der Waals surface area contributed by atoms with Crippen LogP contribution in [0, 0.1) is 0 Å². The van der Waals surface area contributed by atoms with E-state index in [4.69, 9.17) is 5.11 Å². The van der Waals surface area contributed by atoms with Crippen LogP contribution >= 0.6 is 11.8 Å². The van der Waals surface area contributed by atoms with Gasteiger partial charge in [0.15, 0.2) is 0 Å². The highest BCUT2D eigenvalue weighted by Crippen LogP contribution is 2.28. The molecule has 1 aliphatic rings. The first kappa shape index (κ1) is 15.8. The standard InChI is InChI=1S/C12H13NO6S2/c1-19-12(16)8-3-2-4-9(5-8)21(17,18)13-7-20-6-10(13)11(14)15/h2-5,10H,6-7H2,1H3,(H,14,15). The predicted octanol–water partition coefficient (Wildman–Crippen LogP) is 0.621. The maximum atomic E-state index is 12.5. The summed E-state index contributed by atoms with van der Waals surface area (Å²) in [6, 6.07) is 4.25. The maximum Gasteiger partial charge on any atom is 0.337 e. The van der Waals surface area contributed by atoms with E-state index in [1.54, 1.807) is 0 Å². The number of carboxylic acids is 1. The van der Waals surface area contributed by atoms with E-state index < -0.39 is 28.0 Å². The summed E-state index contributed by atoms with van der Waals surface area (Å²) in [6.07, 6.45) is 0. The topological polar surface area (TPSA) is 101 Å². The molecule has 0 aliphatic carbocycles. The van der Waals surface area contributed by atoms with Gasteiger partial charge in [0, 0.05) is 5.75 Å². The lowest BCUT2D eigenvalue weighted by atomic mass is 10.2. The van der Waals surface area contributed by atoms with Crippen molar-refractivity contribution in [1.82, 2.24) is 4.31 Å². The second kappa shape index (κ2) is 6.04. The number of ether oxygens (including phenoxy) is 1. The van der Waals surface area contributed by atoms with E-state index in [-0.39, 0.29) is 22.1 Å². The fourth-order valence-electron chi connectivity index (χ4n) is 1.90. The second-order valence-electron chi connectivity index (χ2n) is 4.27. The molecule has 1 fully saturated rings. The quantitative estimate of drug-likeness (QED) is 0.807. The Bertz CT molecular complexity index is 672. The molecule has 1 heterocycles. The number of methoxy groups -OCH3 is 1. The van der Waals surface area contributed by atoms with Crippen LogP contribution in [0.4, 0.5) is 0 Å². The Kier molecular flexibility index (Phi) is 4.55. The predicted molar refractivity (Wildman–Crippen MR) is 75.6 cm³/mol. The molecule has 1 N–H and O–H groups in total.